The molecular formula is C33H39N9O4. The minimum atomic E-state index is -1.17. The van der Waals surface area contributed by atoms with E-state index < -0.39 is 35.7 Å². The van der Waals surface area contributed by atoms with E-state index in [1.54, 1.807) is 35.6 Å². The Labute approximate surface area is 266 Å². The highest BCUT2D eigenvalue weighted by Gasteiger charge is 2.44. The van der Waals surface area contributed by atoms with Crippen LogP contribution < -0.4 is 16.4 Å². The van der Waals surface area contributed by atoms with Gasteiger partial charge in [-0.1, -0.05) is 60.7 Å². The van der Waals surface area contributed by atoms with Crippen molar-refractivity contribution in [2.75, 3.05) is 18.4 Å². The summed E-state index contributed by atoms with van der Waals surface area (Å²) in [4.78, 5) is 27.2. The number of anilines is 1. The van der Waals surface area contributed by atoms with Crippen LogP contribution in [-0.2, 0) is 6.61 Å². The summed E-state index contributed by atoms with van der Waals surface area (Å²) in [5.74, 6) is -0.254. The Bertz CT molecular complexity index is 1750. The van der Waals surface area contributed by atoms with Crippen molar-refractivity contribution in [1.82, 2.24) is 34.6 Å². The third-order valence-electron chi connectivity index (χ3n) is 8.36. The maximum absolute atomic E-state index is 13.3. The number of aliphatic hydroxyl groups is 3. The molecule has 4 atom stereocenters. The van der Waals surface area contributed by atoms with Crippen molar-refractivity contribution in [3.05, 3.63) is 102 Å². The van der Waals surface area contributed by atoms with E-state index in [1.165, 1.54) is 6.20 Å². The van der Waals surface area contributed by atoms with Gasteiger partial charge >= 0.3 is 0 Å². The van der Waals surface area contributed by atoms with E-state index in [2.05, 4.69) is 54.9 Å². The third kappa shape index (κ3) is 6.49. The highest BCUT2D eigenvalue weighted by molar-refractivity contribution is 5.94. The molecule has 2 aromatic carbocycles. The summed E-state index contributed by atoms with van der Waals surface area (Å²) in [6, 6.07) is 19.1. The van der Waals surface area contributed by atoms with Crippen LogP contribution in [0.1, 0.15) is 65.6 Å². The molecule has 3 heterocycles. The first-order chi connectivity index (χ1) is 22.1. The molecule has 0 saturated heterocycles. The Hall–Kier alpha value is -4.69. The molecule has 0 radical (unpaired) electrons. The Morgan fingerprint density at radius 3 is 2.28 bits per heavy atom. The van der Waals surface area contributed by atoms with Gasteiger partial charge in [0.2, 0.25) is 5.82 Å². The van der Waals surface area contributed by atoms with E-state index in [1.807, 2.05) is 36.4 Å². The van der Waals surface area contributed by atoms with Gasteiger partial charge in [0.05, 0.1) is 31.2 Å². The number of carbonyl (C=O) groups excluding carboxylic acids is 1. The second kappa shape index (κ2) is 13.0. The minimum Gasteiger partial charge on any atom is -0.392 e. The Balaban J connectivity index is 1.37. The zero-order valence-corrected chi connectivity index (χ0v) is 25.7. The quantitative estimate of drug-likeness (QED) is 0.127. The lowest BCUT2D eigenvalue weighted by atomic mass is 9.91. The first-order valence-corrected chi connectivity index (χ1v) is 15.3. The zero-order valence-electron chi connectivity index (χ0n) is 25.7. The van der Waals surface area contributed by atoms with Gasteiger partial charge in [-0.2, -0.15) is 5.10 Å². The lowest BCUT2D eigenvalue weighted by Gasteiger charge is -2.21. The number of hydrogen-bond donors (Lipinski definition) is 6. The molecule has 1 saturated carbocycles. The van der Waals surface area contributed by atoms with Crippen LogP contribution in [0.5, 0.6) is 0 Å². The number of benzene rings is 2. The maximum Gasteiger partial charge on any atom is 0.289 e. The van der Waals surface area contributed by atoms with Crippen molar-refractivity contribution >= 4 is 22.9 Å². The number of aliphatic hydroxyl groups excluding tert-OH is 3. The molecule has 13 heteroatoms. The summed E-state index contributed by atoms with van der Waals surface area (Å²) in [5, 5.41) is 42.2. The summed E-state index contributed by atoms with van der Waals surface area (Å²) in [6.45, 7) is 4.07. The van der Waals surface area contributed by atoms with Crippen LogP contribution in [0.25, 0.3) is 11.2 Å². The van der Waals surface area contributed by atoms with E-state index in [-0.39, 0.29) is 24.9 Å². The number of hydrogen-bond acceptors (Lipinski definition) is 10. The van der Waals surface area contributed by atoms with Crippen molar-refractivity contribution in [2.24, 2.45) is 5.73 Å². The Morgan fingerprint density at radius 2 is 1.67 bits per heavy atom. The monoisotopic (exact) mass is 625 g/mol. The molecule has 1 aliphatic carbocycles. The standard InChI is InChI=1S/C33H39N9O4/c1-33(2,34)18-36-32(46)30-39-29(35-15-23(21-9-5-3-6-10-21)22-11-7-4-8-12-22)26-31(40-30)41(19-37-26)24-13-25(28(45)27(24)44)42-16-20(17-43)14-38-42/h3-12,14,16,19,23-25,27-28,43-45H,13,15,17-18,34H2,1-2H3,(H,36,46)(H,35,39,40)/t24-,25+,27+,28-/m1/s1. The van der Waals surface area contributed by atoms with E-state index in [0.29, 0.717) is 35.5 Å². The molecule has 0 bridgehead atoms. The Kier molecular flexibility index (Phi) is 8.82. The molecule has 46 heavy (non-hydrogen) atoms. The van der Waals surface area contributed by atoms with Crippen molar-refractivity contribution in [3.63, 3.8) is 0 Å². The molecule has 3 aromatic heterocycles. The lowest BCUT2D eigenvalue weighted by Crippen LogP contribution is -2.45. The highest BCUT2D eigenvalue weighted by Crippen LogP contribution is 2.40. The fraction of sp³-hybridized carbons (Fsp3) is 0.364. The molecule has 6 rings (SSSR count). The number of aromatic nitrogens is 6. The van der Waals surface area contributed by atoms with Crippen LogP contribution in [-0.4, -0.2) is 81.4 Å². The van der Waals surface area contributed by atoms with Crippen LogP contribution in [0.15, 0.2) is 79.4 Å². The summed E-state index contributed by atoms with van der Waals surface area (Å²) in [6.07, 6.45) is 2.71. The molecule has 0 unspecified atom stereocenters. The molecule has 5 aromatic rings. The predicted molar refractivity (Wildman–Crippen MR) is 172 cm³/mol. The second-order valence-electron chi connectivity index (χ2n) is 12.5. The third-order valence-corrected chi connectivity index (χ3v) is 8.36. The van der Waals surface area contributed by atoms with Gasteiger partial charge in [0, 0.05) is 36.3 Å². The van der Waals surface area contributed by atoms with E-state index in [9.17, 15) is 20.1 Å². The maximum atomic E-state index is 13.3. The SMILES string of the molecule is CC(C)(N)CNC(=O)c1nc(NCC(c2ccccc2)c2ccccc2)c2ncn([C@@H]3C[C@H](n4cc(CO)cn4)[C@@H](O)[C@H]3O)c2n1. The van der Waals surface area contributed by atoms with Gasteiger partial charge in [0.25, 0.3) is 5.91 Å². The van der Waals surface area contributed by atoms with Crippen LogP contribution in [0.3, 0.4) is 0 Å². The fourth-order valence-corrected chi connectivity index (χ4v) is 5.93. The van der Waals surface area contributed by atoms with Gasteiger partial charge in [0.1, 0.15) is 17.7 Å². The molecule has 7 N–H and O–H groups in total. The van der Waals surface area contributed by atoms with Crippen LogP contribution >= 0.6 is 0 Å². The number of nitrogens with one attached hydrogen (secondary N) is 2. The molecule has 0 spiro atoms. The van der Waals surface area contributed by atoms with Gasteiger partial charge in [-0.15, -0.1) is 0 Å². The van der Waals surface area contributed by atoms with Crippen molar-refractivity contribution in [3.8, 4) is 0 Å². The van der Waals surface area contributed by atoms with Crippen LogP contribution in [0, 0.1) is 0 Å². The Morgan fingerprint density at radius 1 is 1.02 bits per heavy atom. The second-order valence-corrected chi connectivity index (χ2v) is 12.5. The first-order valence-electron chi connectivity index (χ1n) is 15.3. The number of amides is 1. The van der Waals surface area contributed by atoms with Gasteiger partial charge in [-0.25, -0.2) is 15.0 Å². The largest absolute Gasteiger partial charge is 0.392 e. The minimum absolute atomic E-state index is 0.0322. The van der Waals surface area contributed by atoms with Gasteiger partial charge in [-0.05, 0) is 31.4 Å². The van der Waals surface area contributed by atoms with E-state index in [4.69, 9.17) is 5.73 Å². The number of imidazole rings is 1. The molecule has 1 fully saturated rings. The molecule has 0 aliphatic heterocycles. The van der Waals surface area contributed by atoms with E-state index >= 15 is 0 Å². The molecule has 1 amide bonds. The zero-order chi connectivity index (χ0) is 32.4. The van der Waals surface area contributed by atoms with Gasteiger partial charge in [0.15, 0.2) is 11.5 Å². The molecule has 1 aliphatic rings. The summed E-state index contributed by atoms with van der Waals surface area (Å²) >= 11 is 0. The highest BCUT2D eigenvalue weighted by atomic mass is 16.3. The van der Waals surface area contributed by atoms with E-state index in [0.717, 1.165) is 11.1 Å². The molecule has 240 valence electrons. The summed E-state index contributed by atoms with van der Waals surface area (Å²) in [5.41, 5.74) is 9.03. The van der Waals surface area contributed by atoms with Crippen molar-refractivity contribution in [1.29, 1.82) is 0 Å². The predicted octanol–water partition coefficient (Wildman–Crippen LogP) is 2.13. The number of rotatable bonds is 11. The van der Waals surface area contributed by atoms with Crippen molar-refractivity contribution < 1.29 is 20.1 Å². The van der Waals surface area contributed by atoms with Crippen LogP contribution in [0.4, 0.5) is 5.82 Å². The normalized spacial score (nSPS) is 20.0. The number of nitrogens with two attached hydrogens (primary N) is 1. The van der Waals surface area contributed by atoms with Gasteiger partial charge in [-0.3, -0.25) is 9.48 Å². The smallest absolute Gasteiger partial charge is 0.289 e. The van der Waals surface area contributed by atoms with Crippen LogP contribution in [0.2, 0.25) is 0 Å². The van der Waals surface area contributed by atoms with Gasteiger partial charge < -0.3 is 36.3 Å². The lowest BCUT2D eigenvalue weighted by molar-refractivity contribution is 0.00720. The number of fused-ring (bicyclic) bond motifs is 1. The topological polar surface area (TPSA) is 189 Å². The summed E-state index contributed by atoms with van der Waals surface area (Å²) < 4.78 is 3.24. The fourth-order valence-electron chi connectivity index (χ4n) is 5.93. The number of nitrogens with zero attached hydrogens (tertiary/aromatic N) is 6. The summed E-state index contributed by atoms with van der Waals surface area (Å²) in [7, 11) is 0. The average molecular weight is 626 g/mol. The van der Waals surface area contributed by atoms with Crippen molar-refractivity contribution in [2.45, 2.75) is 62.6 Å². The molecular weight excluding hydrogens is 586 g/mol. The molecule has 13 nitrogen and oxygen atoms in total. The first kappa shape index (κ1) is 31.3. The number of carbonyl (C=O) groups is 1. The average Bonchev–Trinajstić information content (AvgIpc) is 3.78.